The number of rotatable bonds is 3. The number of ether oxygens (including phenoxy) is 1. The second-order valence-corrected chi connectivity index (χ2v) is 4.92. The van der Waals surface area contributed by atoms with Crippen molar-refractivity contribution < 1.29 is 9.53 Å². The molecule has 0 amide bonds. The van der Waals surface area contributed by atoms with Gasteiger partial charge in [0.15, 0.2) is 0 Å². The first-order chi connectivity index (χ1) is 9.19. The van der Waals surface area contributed by atoms with Crippen LogP contribution in [0.25, 0.3) is 12.2 Å². The van der Waals surface area contributed by atoms with Crippen molar-refractivity contribution in [1.82, 2.24) is 0 Å². The van der Waals surface area contributed by atoms with Crippen LogP contribution in [0, 0.1) is 0 Å². The molecular formula is C16H13BrO2. The van der Waals surface area contributed by atoms with E-state index in [1.165, 1.54) is 7.11 Å². The number of benzene rings is 2. The summed E-state index contributed by atoms with van der Waals surface area (Å²) >= 11 is 3.43. The number of carbonyl (C=O) groups excluding carboxylic acids is 1. The summed E-state index contributed by atoms with van der Waals surface area (Å²) in [6, 6.07) is 15.3. The van der Waals surface area contributed by atoms with Crippen LogP contribution in [-0.2, 0) is 4.74 Å². The van der Waals surface area contributed by atoms with Gasteiger partial charge in [-0.25, -0.2) is 4.79 Å². The van der Waals surface area contributed by atoms with Gasteiger partial charge in [-0.2, -0.15) is 0 Å². The van der Waals surface area contributed by atoms with Crippen molar-refractivity contribution in [2.45, 2.75) is 0 Å². The molecule has 0 aliphatic heterocycles. The van der Waals surface area contributed by atoms with E-state index >= 15 is 0 Å². The molecule has 0 aliphatic rings. The average molecular weight is 317 g/mol. The van der Waals surface area contributed by atoms with Gasteiger partial charge in [-0.15, -0.1) is 0 Å². The monoisotopic (exact) mass is 316 g/mol. The first-order valence-electron chi connectivity index (χ1n) is 5.81. The molecule has 0 radical (unpaired) electrons. The van der Waals surface area contributed by atoms with Crippen molar-refractivity contribution in [3.63, 3.8) is 0 Å². The third-order valence-electron chi connectivity index (χ3n) is 2.62. The molecule has 0 unspecified atom stereocenters. The molecule has 0 N–H and O–H groups in total. The van der Waals surface area contributed by atoms with Crippen LogP contribution in [-0.4, -0.2) is 13.1 Å². The summed E-state index contributed by atoms with van der Waals surface area (Å²) in [5.74, 6) is -0.322. The fraction of sp³-hybridized carbons (Fsp3) is 0.0625. The largest absolute Gasteiger partial charge is 0.465 e. The van der Waals surface area contributed by atoms with Crippen molar-refractivity contribution in [3.05, 3.63) is 69.7 Å². The lowest BCUT2D eigenvalue weighted by Crippen LogP contribution is -2.00. The van der Waals surface area contributed by atoms with Crippen molar-refractivity contribution in [3.8, 4) is 0 Å². The molecule has 2 aromatic rings. The molecule has 2 rings (SSSR count). The Balaban J connectivity index is 2.21. The smallest absolute Gasteiger partial charge is 0.337 e. The summed E-state index contributed by atoms with van der Waals surface area (Å²) in [7, 11) is 1.38. The molecule has 2 nitrogen and oxygen atoms in total. The minimum absolute atomic E-state index is 0.322. The number of halogens is 1. The Kier molecular flexibility index (Phi) is 4.53. The fourth-order valence-corrected chi connectivity index (χ4v) is 2.11. The van der Waals surface area contributed by atoms with E-state index < -0.39 is 0 Å². The zero-order valence-corrected chi connectivity index (χ0v) is 12.1. The van der Waals surface area contributed by atoms with E-state index in [-0.39, 0.29) is 5.97 Å². The van der Waals surface area contributed by atoms with Crippen LogP contribution in [0.5, 0.6) is 0 Å². The summed E-state index contributed by atoms with van der Waals surface area (Å²) in [5, 5.41) is 0. The summed E-state index contributed by atoms with van der Waals surface area (Å²) in [6.45, 7) is 0. The Morgan fingerprint density at radius 1 is 1.05 bits per heavy atom. The van der Waals surface area contributed by atoms with Gasteiger partial charge in [0.05, 0.1) is 12.7 Å². The molecule has 19 heavy (non-hydrogen) atoms. The Morgan fingerprint density at radius 2 is 1.68 bits per heavy atom. The van der Waals surface area contributed by atoms with Crippen molar-refractivity contribution in [2.75, 3.05) is 7.11 Å². The predicted octanol–water partition coefficient (Wildman–Crippen LogP) is 4.41. The van der Waals surface area contributed by atoms with E-state index in [4.69, 9.17) is 4.74 Å². The SMILES string of the molecule is COC(=O)c1cccc(/C=C\c2cccc(Br)c2)c1. The average Bonchev–Trinajstić information content (AvgIpc) is 2.45. The maximum atomic E-state index is 11.4. The molecule has 3 heteroatoms. The minimum atomic E-state index is -0.322. The highest BCUT2D eigenvalue weighted by molar-refractivity contribution is 9.10. The van der Waals surface area contributed by atoms with Crippen LogP contribution in [0.1, 0.15) is 21.5 Å². The third-order valence-corrected chi connectivity index (χ3v) is 3.12. The predicted molar refractivity (Wildman–Crippen MR) is 80.9 cm³/mol. The van der Waals surface area contributed by atoms with Crippen molar-refractivity contribution >= 4 is 34.1 Å². The highest BCUT2D eigenvalue weighted by Crippen LogP contribution is 2.15. The maximum absolute atomic E-state index is 11.4. The molecule has 0 saturated carbocycles. The molecule has 0 atom stereocenters. The first-order valence-corrected chi connectivity index (χ1v) is 6.60. The maximum Gasteiger partial charge on any atom is 0.337 e. The lowest BCUT2D eigenvalue weighted by Gasteiger charge is -2.00. The zero-order chi connectivity index (χ0) is 13.7. The number of hydrogen-bond acceptors (Lipinski definition) is 2. The van der Waals surface area contributed by atoms with Crippen LogP contribution < -0.4 is 0 Å². The quantitative estimate of drug-likeness (QED) is 0.619. The summed E-state index contributed by atoms with van der Waals surface area (Å²) < 4.78 is 5.74. The molecule has 0 aromatic heterocycles. The second kappa shape index (κ2) is 6.34. The van der Waals surface area contributed by atoms with E-state index in [2.05, 4.69) is 15.9 Å². The van der Waals surface area contributed by atoms with E-state index in [0.29, 0.717) is 5.56 Å². The molecule has 96 valence electrons. The molecule has 0 fully saturated rings. The van der Waals surface area contributed by atoms with Gasteiger partial charge in [0.1, 0.15) is 0 Å². The van der Waals surface area contributed by atoms with E-state index in [1.54, 1.807) is 12.1 Å². The van der Waals surface area contributed by atoms with Gasteiger partial charge in [-0.3, -0.25) is 0 Å². The number of carbonyl (C=O) groups is 1. The Morgan fingerprint density at radius 3 is 2.32 bits per heavy atom. The van der Waals surface area contributed by atoms with Crippen molar-refractivity contribution in [1.29, 1.82) is 0 Å². The summed E-state index contributed by atoms with van der Waals surface area (Å²) in [6.07, 6.45) is 3.97. The highest BCUT2D eigenvalue weighted by Gasteiger charge is 2.03. The van der Waals surface area contributed by atoms with Crippen LogP contribution in [0.4, 0.5) is 0 Å². The third kappa shape index (κ3) is 3.80. The number of methoxy groups -OCH3 is 1. The number of hydrogen-bond donors (Lipinski definition) is 0. The van der Waals surface area contributed by atoms with Gasteiger partial charge < -0.3 is 4.74 Å². The van der Waals surface area contributed by atoms with Crippen LogP contribution in [0.15, 0.2) is 53.0 Å². The van der Waals surface area contributed by atoms with Gasteiger partial charge in [0, 0.05) is 4.47 Å². The van der Waals surface area contributed by atoms with Crippen LogP contribution in [0.2, 0.25) is 0 Å². The molecule has 0 bridgehead atoms. The standard InChI is InChI=1S/C16H13BrO2/c1-19-16(18)14-6-2-4-12(10-14)8-9-13-5-3-7-15(17)11-13/h2-11H,1H3/b9-8-. The molecular weight excluding hydrogens is 304 g/mol. The highest BCUT2D eigenvalue weighted by atomic mass is 79.9. The topological polar surface area (TPSA) is 26.3 Å². The van der Waals surface area contributed by atoms with Crippen molar-refractivity contribution in [2.24, 2.45) is 0 Å². The number of esters is 1. The van der Waals surface area contributed by atoms with Crippen LogP contribution >= 0.6 is 15.9 Å². The fourth-order valence-electron chi connectivity index (χ4n) is 1.69. The summed E-state index contributed by atoms with van der Waals surface area (Å²) in [5.41, 5.74) is 2.61. The molecule has 0 saturated heterocycles. The lowest BCUT2D eigenvalue weighted by molar-refractivity contribution is 0.0600. The van der Waals surface area contributed by atoms with Gasteiger partial charge in [0.2, 0.25) is 0 Å². The van der Waals surface area contributed by atoms with E-state index in [0.717, 1.165) is 15.6 Å². The second-order valence-electron chi connectivity index (χ2n) is 4.01. The molecule has 2 aromatic carbocycles. The minimum Gasteiger partial charge on any atom is -0.465 e. The van der Waals surface area contributed by atoms with Gasteiger partial charge in [-0.05, 0) is 35.4 Å². The molecule has 0 aliphatic carbocycles. The molecule has 0 spiro atoms. The lowest BCUT2D eigenvalue weighted by atomic mass is 10.1. The Bertz CT molecular complexity index is 618. The Hall–Kier alpha value is -1.87. The van der Waals surface area contributed by atoms with Gasteiger partial charge >= 0.3 is 5.97 Å². The van der Waals surface area contributed by atoms with E-state index in [1.807, 2.05) is 48.6 Å². The first kappa shape index (κ1) is 13.6. The van der Waals surface area contributed by atoms with E-state index in [9.17, 15) is 4.79 Å². The van der Waals surface area contributed by atoms with Crippen LogP contribution in [0.3, 0.4) is 0 Å². The normalized spacial score (nSPS) is 10.6. The molecule has 0 heterocycles. The zero-order valence-electron chi connectivity index (χ0n) is 10.5. The van der Waals surface area contributed by atoms with Gasteiger partial charge in [0.25, 0.3) is 0 Å². The van der Waals surface area contributed by atoms with Gasteiger partial charge in [-0.1, -0.05) is 52.3 Å². The summed E-state index contributed by atoms with van der Waals surface area (Å²) in [4.78, 5) is 11.4. The Labute approximate surface area is 120 Å².